The molecule has 4 bridgehead atoms. The second-order valence-corrected chi connectivity index (χ2v) is 10.5. The molecule has 0 radical (unpaired) electrons. The maximum absolute atomic E-state index is 12.6. The molecule has 4 aliphatic carbocycles. The lowest BCUT2D eigenvalue weighted by Gasteiger charge is -2.56. The van der Waals surface area contributed by atoms with Crippen LogP contribution in [0.4, 0.5) is 0 Å². The van der Waals surface area contributed by atoms with Crippen LogP contribution in [-0.4, -0.2) is 29.6 Å². The van der Waals surface area contributed by atoms with Gasteiger partial charge >= 0.3 is 0 Å². The van der Waals surface area contributed by atoms with Gasteiger partial charge in [0.05, 0.1) is 11.8 Å². The van der Waals surface area contributed by atoms with Gasteiger partial charge in [0.1, 0.15) is 13.2 Å². The molecule has 1 atom stereocenters. The minimum Gasteiger partial charge on any atom is -0.486 e. The molecule has 4 saturated carbocycles. The van der Waals surface area contributed by atoms with Gasteiger partial charge in [0.25, 0.3) is 0 Å². The Morgan fingerprint density at radius 1 is 1.11 bits per heavy atom. The van der Waals surface area contributed by atoms with Crippen LogP contribution < -0.4 is 14.8 Å². The van der Waals surface area contributed by atoms with Crippen LogP contribution in [0.3, 0.4) is 0 Å². The first-order chi connectivity index (χ1) is 13.1. The number of fused-ring (bicyclic) bond motifs is 1. The number of carbonyl (C=O) groups excluding carboxylic acids is 1. The van der Waals surface area contributed by atoms with Crippen LogP contribution in [0.2, 0.25) is 0 Å². The fourth-order valence-corrected chi connectivity index (χ4v) is 7.70. The number of nitrogens with one attached hydrogen (secondary N) is 1. The van der Waals surface area contributed by atoms with Crippen molar-refractivity contribution in [1.82, 2.24) is 5.32 Å². The van der Waals surface area contributed by atoms with Crippen molar-refractivity contribution in [2.24, 2.45) is 17.8 Å². The maximum Gasteiger partial charge on any atom is 0.230 e. The smallest absolute Gasteiger partial charge is 0.230 e. The summed E-state index contributed by atoms with van der Waals surface area (Å²) in [7, 11) is 0. The van der Waals surface area contributed by atoms with Gasteiger partial charge in [-0.25, -0.2) is 0 Å². The van der Waals surface area contributed by atoms with Crippen molar-refractivity contribution in [2.45, 2.75) is 56.2 Å². The van der Waals surface area contributed by atoms with Crippen molar-refractivity contribution < 1.29 is 14.3 Å². The number of amides is 1. The number of hydrogen-bond donors (Lipinski definition) is 1. The molecule has 6 rings (SSSR count). The molecule has 1 aliphatic heterocycles. The summed E-state index contributed by atoms with van der Waals surface area (Å²) in [6, 6.07) is 5.93. The average Bonchev–Trinajstić information content (AvgIpc) is 2.65. The van der Waals surface area contributed by atoms with E-state index in [9.17, 15) is 4.79 Å². The van der Waals surface area contributed by atoms with Crippen LogP contribution >= 0.6 is 11.8 Å². The normalized spacial score (nSPS) is 34.3. The van der Waals surface area contributed by atoms with Crippen LogP contribution in [-0.2, 0) is 4.79 Å². The monoisotopic (exact) mass is 387 g/mol. The van der Waals surface area contributed by atoms with Crippen molar-refractivity contribution >= 4 is 17.7 Å². The second-order valence-electron chi connectivity index (χ2n) is 9.08. The van der Waals surface area contributed by atoms with E-state index in [0.717, 1.165) is 34.8 Å². The predicted octanol–water partition coefficient (Wildman–Crippen LogP) is 4.34. The van der Waals surface area contributed by atoms with Crippen molar-refractivity contribution in [3.63, 3.8) is 0 Å². The van der Waals surface area contributed by atoms with E-state index in [4.69, 9.17) is 9.47 Å². The van der Waals surface area contributed by atoms with Gasteiger partial charge in [-0.3, -0.25) is 4.79 Å². The van der Waals surface area contributed by atoms with Crippen LogP contribution in [0.5, 0.6) is 11.5 Å². The molecular weight excluding hydrogens is 358 g/mol. The Morgan fingerprint density at radius 2 is 1.74 bits per heavy atom. The lowest BCUT2D eigenvalue weighted by Crippen LogP contribution is -2.49. The first-order valence-electron chi connectivity index (χ1n) is 10.4. The van der Waals surface area contributed by atoms with E-state index in [-0.39, 0.29) is 11.9 Å². The van der Waals surface area contributed by atoms with E-state index in [2.05, 4.69) is 5.32 Å². The largest absolute Gasteiger partial charge is 0.486 e. The summed E-state index contributed by atoms with van der Waals surface area (Å²) in [4.78, 5) is 12.6. The zero-order chi connectivity index (χ0) is 18.4. The van der Waals surface area contributed by atoms with Gasteiger partial charge in [-0.15, -0.1) is 11.8 Å². The highest BCUT2D eigenvalue weighted by Crippen LogP contribution is 2.60. The van der Waals surface area contributed by atoms with Crippen molar-refractivity contribution in [3.05, 3.63) is 23.8 Å². The standard InChI is InChI=1S/C22H29NO3S/c1-14(18-2-3-19-20(9-18)26-5-4-25-19)23-21(24)13-27-22-10-15-6-16(11-22)8-17(7-15)12-22/h2-3,9,14-17H,4-8,10-13H2,1H3,(H,23,24)/t14-,15?,16?,17?,22?/m1/s1. The fourth-order valence-electron chi connectivity index (χ4n) is 6.12. The molecule has 4 fully saturated rings. The highest BCUT2D eigenvalue weighted by atomic mass is 32.2. The molecule has 27 heavy (non-hydrogen) atoms. The zero-order valence-electron chi connectivity index (χ0n) is 16.0. The van der Waals surface area contributed by atoms with Crippen LogP contribution in [0.1, 0.15) is 57.1 Å². The molecule has 5 heteroatoms. The Kier molecular flexibility index (Phi) is 4.53. The SMILES string of the molecule is C[C@@H](NC(=O)CSC12CC3CC(CC(C3)C1)C2)c1ccc2c(c1)OCCO2. The second kappa shape index (κ2) is 6.91. The summed E-state index contributed by atoms with van der Waals surface area (Å²) in [6.45, 7) is 3.22. The van der Waals surface area contributed by atoms with Gasteiger partial charge in [-0.05, 0) is 80.9 Å². The molecule has 1 N–H and O–H groups in total. The number of carbonyl (C=O) groups is 1. The number of benzene rings is 1. The Balaban J connectivity index is 1.17. The molecule has 1 amide bonds. The zero-order valence-corrected chi connectivity index (χ0v) is 16.9. The van der Waals surface area contributed by atoms with Gasteiger partial charge in [0, 0.05) is 4.75 Å². The Bertz CT molecular complexity index is 699. The molecule has 1 heterocycles. The van der Waals surface area contributed by atoms with Crippen LogP contribution in [0.25, 0.3) is 0 Å². The van der Waals surface area contributed by atoms with E-state index in [0.29, 0.717) is 23.7 Å². The third-order valence-electron chi connectivity index (χ3n) is 6.94. The Hall–Kier alpha value is -1.36. The number of hydrogen-bond acceptors (Lipinski definition) is 4. The quantitative estimate of drug-likeness (QED) is 0.817. The molecule has 146 valence electrons. The molecule has 1 aromatic carbocycles. The number of thioether (sulfide) groups is 1. The van der Waals surface area contributed by atoms with Crippen LogP contribution in [0, 0.1) is 17.8 Å². The van der Waals surface area contributed by atoms with Gasteiger partial charge in [0.15, 0.2) is 11.5 Å². The van der Waals surface area contributed by atoms with Gasteiger partial charge in [-0.2, -0.15) is 0 Å². The molecular formula is C22H29NO3S. The summed E-state index contributed by atoms with van der Waals surface area (Å²) in [5.74, 6) is 5.11. The van der Waals surface area contributed by atoms with E-state index in [1.807, 2.05) is 36.9 Å². The number of rotatable bonds is 5. The minimum atomic E-state index is -0.0229. The summed E-state index contributed by atoms with van der Waals surface area (Å²) < 4.78 is 11.6. The molecule has 0 spiro atoms. The van der Waals surface area contributed by atoms with E-state index >= 15 is 0 Å². The first-order valence-corrected chi connectivity index (χ1v) is 11.4. The van der Waals surface area contributed by atoms with Crippen LogP contribution in [0.15, 0.2) is 18.2 Å². The molecule has 0 aromatic heterocycles. The summed E-state index contributed by atoms with van der Waals surface area (Å²) in [5.41, 5.74) is 1.06. The molecule has 5 aliphatic rings. The summed E-state index contributed by atoms with van der Waals surface area (Å²) >= 11 is 1.95. The highest BCUT2D eigenvalue weighted by molar-refractivity contribution is 8.01. The molecule has 4 nitrogen and oxygen atoms in total. The van der Waals surface area contributed by atoms with Crippen molar-refractivity contribution in [2.75, 3.05) is 19.0 Å². The van der Waals surface area contributed by atoms with Gasteiger partial charge in [-0.1, -0.05) is 6.07 Å². The lowest BCUT2D eigenvalue weighted by molar-refractivity contribution is -0.119. The Morgan fingerprint density at radius 3 is 2.41 bits per heavy atom. The van der Waals surface area contributed by atoms with Crippen molar-refractivity contribution in [1.29, 1.82) is 0 Å². The first kappa shape index (κ1) is 17.7. The molecule has 1 aromatic rings. The Labute approximate surface area is 165 Å². The molecule has 0 saturated heterocycles. The van der Waals surface area contributed by atoms with E-state index in [1.165, 1.54) is 38.5 Å². The van der Waals surface area contributed by atoms with E-state index in [1.54, 1.807) is 0 Å². The minimum absolute atomic E-state index is 0.0229. The predicted molar refractivity (Wildman–Crippen MR) is 107 cm³/mol. The van der Waals surface area contributed by atoms with Gasteiger partial charge in [0.2, 0.25) is 5.91 Å². The van der Waals surface area contributed by atoms with E-state index < -0.39 is 0 Å². The van der Waals surface area contributed by atoms with Crippen molar-refractivity contribution in [3.8, 4) is 11.5 Å². The average molecular weight is 388 g/mol. The third kappa shape index (κ3) is 3.55. The third-order valence-corrected chi connectivity index (χ3v) is 8.45. The highest BCUT2D eigenvalue weighted by Gasteiger charge is 2.51. The fraction of sp³-hybridized carbons (Fsp3) is 0.682. The van der Waals surface area contributed by atoms with Gasteiger partial charge < -0.3 is 14.8 Å². The number of ether oxygens (including phenoxy) is 2. The summed E-state index contributed by atoms with van der Waals surface area (Å²) in [6.07, 6.45) is 8.38. The maximum atomic E-state index is 12.6. The molecule has 0 unspecified atom stereocenters. The summed E-state index contributed by atoms with van der Waals surface area (Å²) in [5, 5.41) is 3.18. The topological polar surface area (TPSA) is 47.6 Å². The lowest BCUT2D eigenvalue weighted by atomic mass is 9.56.